The van der Waals surface area contributed by atoms with Crippen LogP contribution in [0.25, 0.3) is 0 Å². The number of imidazole rings is 1. The lowest BCUT2D eigenvalue weighted by molar-refractivity contribution is 0.305. The minimum absolute atomic E-state index is 0.270. The second-order valence-electron chi connectivity index (χ2n) is 4.58. The first-order valence-electron chi connectivity index (χ1n) is 5.49. The quantitative estimate of drug-likeness (QED) is 0.755. The summed E-state index contributed by atoms with van der Waals surface area (Å²) in [6, 6.07) is 0. The standard InChI is InChI=1S/C11H19N3/c1-11(5-3-2-4-6-11)10-13-8-9(7-12)14-10/h8H,2-7,12H2,1H3,(H,13,14). The highest BCUT2D eigenvalue weighted by atomic mass is 14.9. The number of nitrogens with zero attached hydrogens (tertiary/aromatic N) is 1. The second-order valence-corrected chi connectivity index (χ2v) is 4.58. The Balaban J connectivity index is 2.19. The van der Waals surface area contributed by atoms with Crippen LogP contribution in [0.1, 0.15) is 50.5 Å². The average molecular weight is 193 g/mol. The van der Waals surface area contributed by atoms with E-state index in [-0.39, 0.29) is 5.41 Å². The molecule has 0 unspecified atom stereocenters. The van der Waals surface area contributed by atoms with Gasteiger partial charge in [0.25, 0.3) is 0 Å². The smallest absolute Gasteiger partial charge is 0.112 e. The lowest BCUT2D eigenvalue weighted by Gasteiger charge is -2.31. The molecule has 2 rings (SSSR count). The summed E-state index contributed by atoms with van der Waals surface area (Å²) in [4.78, 5) is 7.78. The Labute approximate surface area is 85.1 Å². The van der Waals surface area contributed by atoms with Crippen molar-refractivity contribution < 1.29 is 0 Å². The van der Waals surface area contributed by atoms with Crippen molar-refractivity contribution in [2.75, 3.05) is 0 Å². The van der Waals surface area contributed by atoms with Crippen molar-refractivity contribution in [2.45, 2.75) is 51.0 Å². The van der Waals surface area contributed by atoms with Crippen LogP contribution in [0, 0.1) is 0 Å². The van der Waals surface area contributed by atoms with Crippen LogP contribution in [0.2, 0.25) is 0 Å². The van der Waals surface area contributed by atoms with Crippen LogP contribution in [0.15, 0.2) is 6.20 Å². The Morgan fingerprint density at radius 2 is 2.14 bits per heavy atom. The number of rotatable bonds is 2. The highest BCUT2D eigenvalue weighted by molar-refractivity contribution is 5.11. The van der Waals surface area contributed by atoms with Crippen LogP contribution in [0.4, 0.5) is 0 Å². The summed E-state index contributed by atoms with van der Waals surface area (Å²) in [7, 11) is 0. The summed E-state index contributed by atoms with van der Waals surface area (Å²) in [6.45, 7) is 2.87. The molecule has 1 aliphatic rings. The summed E-state index contributed by atoms with van der Waals surface area (Å²) >= 11 is 0. The largest absolute Gasteiger partial charge is 0.344 e. The van der Waals surface area contributed by atoms with Crippen LogP contribution in [-0.4, -0.2) is 9.97 Å². The van der Waals surface area contributed by atoms with Gasteiger partial charge in [0.2, 0.25) is 0 Å². The Kier molecular flexibility index (Phi) is 2.59. The van der Waals surface area contributed by atoms with E-state index in [9.17, 15) is 0 Å². The first-order valence-corrected chi connectivity index (χ1v) is 5.49. The van der Waals surface area contributed by atoms with Crippen LogP contribution in [0.3, 0.4) is 0 Å². The molecule has 14 heavy (non-hydrogen) atoms. The second kappa shape index (κ2) is 3.73. The van der Waals surface area contributed by atoms with Crippen molar-refractivity contribution in [2.24, 2.45) is 5.73 Å². The maximum atomic E-state index is 5.56. The number of aromatic amines is 1. The molecule has 0 amide bonds. The summed E-state index contributed by atoms with van der Waals surface area (Å²) < 4.78 is 0. The number of nitrogens with one attached hydrogen (secondary N) is 1. The van der Waals surface area contributed by atoms with Gasteiger partial charge in [-0.3, -0.25) is 0 Å². The third-order valence-electron chi connectivity index (χ3n) is 3.38. The van der Waals surface area contributed by atoms with Crippen molar-refractivity contribution in [3.63, 3.8) is 0 Å². The van der Waals surface area contributed by atoms with Crippen LogP contribution in [-0.2, 0) is 12.0 Å². The molecule has 0 radical (unpaired) electrons. The van der Waals surface area contributed by atoms with E-state index in [0.29, 0.717) is 6.54 Å². The highest BCUT2D eigenvalue weighted by Crippen LogP contribution is 2.37. The van der Waals surface area contributed by atoms with Gasteiger partial charge in [-0.2, -0.15) is 0 Å². The van der Waals surface area contributed by atoms with Crippen LogP contribution in [0.5, 0.6) is 0 Å². The Morgan fingerprint density at radius 3 is 2.71 bits per heavy atom. The number of hydrogen-bond acceptors (Lipinski definition) is 2. The molecule has 1 aromatic rings. The van der Waals surface area contributed by atoms with E-state index >= 15 is 0 Å². The average Bonchev–Trinajstić information content (AvgIpc) is 2.67. The van der Waals surface area contributed by atoms with Gasteiger partial charge < -0.3 is 10.7 Å². The lowest BCUT2D eigenvalue weighted by atomic mass is 9.75. The van der Waals surface area contributed by atoms with Crippen molar-refractivity contribution in [3.05, 3.63) is 17.7 Å². The number of nitrogens with two attached hydrogens (primary N) is 1. The topological polar surface area (TPSA) is 54.7 Å². The molecule has 0 aromatic carbocycles. The molecule has 1 aromatic heterocycles. The molecular weight excluding hydrogens is 174 g/mol. The van der Waals surface area contributed by atoms with Gasteiger partial charge in [0.1, 0.15) is 5.82 Å². The third kappa shape index (κ3) is 1.69. The predicted octanol–water partition coefficient (Wildman–Crippen LogP) is 2.09. The van der Waals surface area contributed by atoms with Gasteiger partial charge in [-0.15, -0.1) is 0 Å². The van der Waals surface area contributed by atoms with Crippen LogP contribution >= 0.6 is 0 Å². The summed E-state index contributed by atoms with van der Waals surface area (Å²) in [5.74, 6) is 1.14. The van der Waals surface area contributed by atoms with E-state index in [1.165, 1.54) is 32.1 Å². The lowest BCUT2D eigenvalue weighted by Crippen LogP contribution is -2.26. The van der Waals surface area contributed by atoms with Gasteiger partial charge in [-0.25, -0.2) is 4.98 Å². The Hall–Kier alpha value is -0.830. The van der Waals surface area contributed by atoms with Gasteiger partial charge in [0.05, 0.1) is 0 Å². The zero-order chi connectivity index (χ0) is 10.0. The van der Waals surface area contributed by atoms with E-state index < -0.39 is 0 Å². The fourth-order valence-corrected chi connectivity index (χ4v) is 2.34. The monoisotopic (exact) mass is 193 g/mol. The van der Waals surface area contributed by atoms with E-state index in [0.717, 1.165) is 11.5 Å². The first kappa shape index (κ1) is 9.71. The summed E-state index contributed by atoms with van der Waals surface area (Å²) in [5.41, 5.74) is 6.88. The third-order valence-corrected chi connectivity index (χ3v) is 3.38. The molecule has 3 heteroatoms. The van der Waals surface area contributed by atoms with Crippen LogP contribution < -0.4 is 5.73 Å². The molecule has 3 nitrogen and oxygen atoms in total. The molecule has 1 saturated carbocycles. The van der Waals surface area contributed by atoms with Gasteiger partial charge >= 0.3 is 0 Å². The molecule has 1 aliphatic carbocycles. The van der Waals surface area contributed by atoms with Crippen molar-refractivity contribution in [1.82, 2.24) is 9.97 Å². The Bertz CT molecular complexity index is 297. The van der Waals surface area contributed by atoms with E-state index in [1.54, 1.807) is 0 Å². The molecule has 0 atom stereocenters. The van der Waals surface area contributed by atoms with Crippen molar-refractivity contribution >= 4 is 0 Å². The van der Waals surface area contributed by atoms with Crippen molar-refractivity contribution in [3.8, 4) is 0 Å². The van der Waals surface area contributed by atoms with Crippen molar-refractivity contribution in [1.29, 1.82) is 0 Å². The van der Waals surface area contributed by atoms with Gasteiger partial charge in [0, 0.05) is 23.9 Å². The maximum absolute atomic E-state index is 5.56. The highest BCUT2D eigenvalue weighted by Gasteiger charge is 2.31. The van der Waals surface area contributed by atoms with Gasteiger partial charge in [0.15, 0.2) is 0 Å². The Morgan fingerprint density at radius 1 is 1.43 bits per heavy atom. The summed E-state index contributed by atoms with van der Waals surface area (Å²) in [6.07, 6.45) is 8.41. The van der Waals surface area contributed by atoms with E-state index in [1.807, 2.05) is 6.20 Å². The number of aromatic nitrogens is 2. The number of hydrogen-bond donors (Lipinski definition) is 2. The molecular formula is C11H19N3. The van der Waals surface area contributed by atoms with E-state index in [2.05, 4.69) is 16.9 Å². The zero-order valence-corrected chi connectivity index (χ0v) is 8.84. The fraction of sp³-hybridized carbons (Fsp3) is 0.727. The summed E-state index contributed by atoms with van der Waals surface area (Å²) in [5, 5.41) is 0. The molecule has 0 spiro atoms. The molecule has 0 bridgehead atoms. The minimum Gasteiger partial charge on any atom is -0.344 e. The van der Waals surface area contributed by atoms with E-state index in [4.69, 9.17) is 5.73 Å². The van der Waals surface area contributed by atoms with Gasteiger partial charge in [-0.05, 0) is 12.8 Å². The fourth-order valence-electron chi connectivity index (χ4n) is 2.34. The molecule has 0 saturated heterocycles. The minimum atomic E-state index is 0.270. The molecule has 1 heterocycles. The first-order chi connectivity index (χ1) is 6.74. The SMILES string of the molecule is CC1(c2ncc(CN)[nH]2)CCCCC1. The molecule has 0 aliphatic heterocycles. The van der Waals surface area contributed by atoms with Gasteiger partial charge in [-0.1, -0.05) is 26.2 Å². The molecule has 78 valence electrons. The zero-order valence-electron chi connectivity index (χ0n) is 8.84. The molecule has 1 fully saturated rings. The predicted molar refractivity (Wildman–Crippen MR) is 56.9 cm³/mol. The normalized spacial score (nSPS) is 21.0. The molecule has 3 N–H and O–H groups in total. The maximum Gasteiger partial charge on any atom is 0.112 e. The number of H-pyrrole nitrogens is 1.